The molecule has 1 rings (SSSR count). The van der Waals surface area contributed by atoms with E-state index >= 15 is 0 Å². The van der Waals surface area contributed by atoms with E-state index in [0.717, 1.165) is 12.5 Å². The Morgan fingerprint density at radius 1 is 1.56 bits per heavy atom. The predicted octanol–water partition coefficient (Wildman–Crippen LogP) is 4.38. The second-order valence-electron chi connectivity index (χ2n) is 3.35. The molecule has 0 aliphatic rings. The van der Waals surface area contributed by atoms with E-state index < -0.39 is 11.9 Å². The van der Waals surface area contributed by atoms with Crippen molar-refractivity contribution in [1.82, 2.24) is 0 Å². The number of oxime groups is 1. The van der Waals surface area contributed by atoms with Gasteiger partial charge in [0.25, 0.3) is 0 Å². The Hall–Kier alpha value is -1.33. The Morgan fingerprint density at radius 2 is 2.28 bits per heavy atom. The van der Waals surface area contributed by atoms with Gasteiger partial charge in [-0.1, -0.05) is 35.3 Å². The molecule has 4 nitrogen and oxygen atoms in total. The first-order valence-electron chi connectivity index (χ1n) is 5.18. The van der Waals surface area contributed by atoms with E-state index in [1.165, 1.54) is 12.1 Å². The van der Waals surface area contributed by atoms with E-state index in [1.54, 1.807) is 0 Å². The minimum absolute atomic E-state index is 0.0969. The number of hydrogen-bond acceptors (Lipinski definition) is 3. The van der Waals surface area contributed by atoms with Crippen LogP contribution >= 0.6 is 23.2 Å². The molecule has 0 unspecified atom stereocenters. The van der Waals surface area contributed by atoms with Crippen molar-refractivity contribution in [2.24, 2.45) is 5.16 Å². The molecule has 0 aliphatic carbocycles. The number of nitrogens with one attached hydrogen (secondary N) is 1. The number of hydrogen-bond donors (Lipinski definition) is 1. The molecule has 1 amide bonds. The molecule has 0 saturated carbocycles. The monoisotopic (exact) mass is 292 g/mol. The lowest BCUT2D eigenvalue weighted by Crippen LogP contribution is -2.11. The van der Waals surface area contributed by atoms with Crippen LogP contribution in [0.3, 0.4) is 0 Å². The molecule has 18 heavy (non-hydrogen) atoms. The van der Waals surface area contributed by atoms with Crippen molar-refractivity contribution in [1.29, 1.82) is 0 Å². The van der Waals surface area contributed by atoms with Crippen LogP contribution in [0.15, 0.2) is 23.4 Å². The molecule has 98 valence electrons. The number of carbonyl (C=O) groups is 1. The van der Waals surface area contributed by atoms with Gasteiger partial charge in [-0.15, -0.1) is 0 Å². The number of amides is 1. The molecule has 7 heteroatoms. The molecule has 1 aromatic carbocycles. The van der Waals surface area contributed by atoms with E-state index in [2.05, 4.69) is 15.3 Å². The van der Waals surface area contributed by atoms with E-state index in [0.29, 0.717) is 12.1 Å². The van der Waals surface area contributed by atoms with Gasteiger partial charge in [0.15, 0.2) is 0 Å². The predicted molar refractivity (Wildman–Crippen MR) is 69.7 cm³/mol. The van der Waals surface area contributed by atoms with Crippen molar-refractivity contribution in [3.63, 3.8) is 0 Å². The summed E-state index contributed by atoms with van der Waals surface area (Å²) in [4.78, 5) is 15.8. The summed E-state index contributed by atoms with van der Waals surface area (Å²) in [5, 5.41) is 5.84. The lowest BCUT2D eigenvalue weighted by atomic mass is 10.3. The highest BCUT2D eigenvalue weighted by atomic mass is 35.5. The molecular formula is C11H11Cl2FN2O2. The van der Waals surface area contributed by atoms with Crippen LogP contribution in [-0.4, -0.2) is 11.3 Å². The van der Waals surface area contributed by atoms with Gasteiger partial charge in [-0.2, -0.15) is 0 Å². The van der Waals surface area contributed by atoms with Gasteiger partial charge in [-0.25, -0.2) is 9.18 Å². The summed E-state index contributed by atoms with van der Waals surface area (Å²) in [5.74, 6) is -0.570. The lowest BCUT2D eigenvalue weighted by Gasteiger charge is -2.03. The van der Waals surface area contributed by atoms with Crippen LogP contribution in [0.2, 0.25) is 5.02 Å². The second-order valence-corrected chi connectivity index (χ2v) is 4.19. The Balaban J connectivity index is 2.54. The minimum Gasteiger partial charge on any atom is -0.297 e. The third-order valence-electron chi connectivity index (χ3n) is 1.85. The summed E-state index contributed by atoms with van der Waals surface area (Å²) >= 11 is 11.2. The van der Waals surface area contributed by atoms with Crippen molar-refractivity contribution in [2.75, 3.05) is 5.32 Å². The SMILES string of the molecule is CCC/C(Cl)=N/OC(=O)Nc1ccc(F)c(Cl)c1. The van der Waals surface area contributed by atoms with Gasteiger partial charge in [-0.05, 0) is 24.6 Å². The summed E-state index contributed by atoms with van der Waals surface area (Å²) in [7, 11) is 0. The summed E-state index contributed by atoms with van der Waals surface area (Å²) in [5.41, 5.74) is 0.299. The fourth-order valence-corrected chi connectivity index (χ4v) is 1.46. The summed E-state index contributed by atoms with van der Waals surface area (Å²) in [6, 6.07) is 3.74. The van der Waals surface area contributed by atoms with Crippen LogP contribution in [0.25, 0.3) is 0 Å². The molecule has 0 aliphatic heterocycles. The number of anilines is 1. The number of benzene rings is 1. The largest absolute Gasteiger partial charge is 0.437 e. The van der Waals surface area contributed by atoms with E-state index in [4.69, 9.17) is 23.2 Å². The number of halogens is 3. The molecule has 0 radical (unpaired) electrons. The van der Waals surface area contributed by atoms with E-state index in [9.17, 15) is 9.18 Å². The molecule has 0 bridgehead atoms. The van der Waals surface area contributed by atoms with Gasteiger partial charge in [0.1, 0.15) is 11.0 Å². The molecule has 0 saturated heterocycles. The first kappa shape index (κ1) is 14.7. The zero-order valence-corrected chi connectivity index (χ0v) is 11.1. The molecule has 1 N–H and O–H groups in total. The van der Waals surface area contributed by atoms with Crippen LogP contribution in [0.4, 0.5) is 14.9 Å². The highest BCUT2D eigenvalue weighted by Crippen LogP contribution is 2.19. The van der Waals surface area contributed by atoms with Crippen molar-refractivity contribution in [3.05, 3.63) is 29.0 Å². The van der Waals surface area contributed by atoms with Crippen molar-refractivity contribution >= 4 is 40.2 Å². The minimum atomic E-state index is -0.827. The normalized spacial score (nSPS) is 11.2. The van der Waals surface area contributed by atoms with Crippen LogP contribution in [0.1, 0.15) is 19.8 Å². The van der Waals surface area contributed by atoms with Crippen molar-refractivity contribution in [3.8, 4) is 0 Å². The second kappa shape index (κ2) is 7.18. The van der Waals surface area contributed by atoms with Crippen molar-refractivity contribution < 1.29 is 14.0 Å². The van der Waals surface area contributed by atoms with Crippen LogP contribution in [-0.2, 0) is 4.84 Å². The summed E-state index contributed by atoms with van der Waals surface area (Å²) < 4.78 is 12.9. The first-order chi connectivity index (χ1) is 8.52. The highest BCUT2D eigenvalue weighted by molar-refractivity contribution is 6.65. The fourth-order valence-electron chi connectivity index (χ4n) is 1.06. The molecule has 0 heterocycles. The maximum Gasteiger partial charge on any atom is 0.437 e. The molecule has 1 aromatic rings. The maximum atomic E-state index is 12.9. The Kier molecular flexibility index (Phi) is 5.88. The van der Waals surface area contributed by atoms with E-state index in [-0.39, 0.29) is 10.2 Å². The molecular weight excluding hydrogens is 282 g/mol. The first-order valence-corrected chi connectivity index (χ1v) is 5.94. The molecule has 0 spiro atoms. The third-order valence-corrected chi connectivity index (χ3v) is 2.40. The topological polar surface area (TPSA) is 50.7 Å². The van der Waals surface area contributed by atoms with Gasteiger partial charge >= 0.3 is 6.09 Å². The van der Waals surface area contributed by atoms with E-state index in [1.807, 2.05) is 6.92 Å². The summed E-state index contributed by atoms with van der Waals surface area (Å²) in [6.07, 6.45) is 0.491. The fraction of sp³-hybridized carbons (Fsp3) is 0.273. The quantitative estimate of drug-likeness (QED) is 0.509. The Morgan fingerprint density at radius 3 is 2.89 bits per heavy atom. The third kappa shape index (κ3) is 4.89. The van der Waals surface area contributed by atoms with Crippen LogP contribution in [0, 0.1) is 5.82 Å². The lowest BCUT2D eigenvalue weighted by molar-refractivity contribution is 0.166. The van der Waals surface area contributed by atoms with Gasteiger partial charge in [0.05, 0.1) is 5.02 Å². The molecule has 0 atom stereocenters. The van der Waals surface area contributed by atoms with Crippen molar-refractivity contribution in [2.45, 2.75) is 19.8 Å². The zero-order valence-electron chi connectivity index (χ0n) is 9.54. The van der Waals surface area contributed by atoms with Gasteiger partial charge in [0, 0.05) is 12.1 Å². The smallest absolute Gasteiger partial charge is 0.297 e. The van der Waals surface area contributed by atoms with Crippen LogP contribution in [0.5, 0.6) is 0 Å². The number of rotatable bonds is 4. The Labute approximate surface area is 114 Å². The number of carbonyl (C=O) groups excluding carboxylic acids is 1. The standard InChI is InChI=1S/C11H11Cl2FN2O2/c1-2-3-10(13)16-18-11(17)15-7-4-5-9(14)8(12)6-7/h4-6H,2-3H2,1H3,(H,15,17)/b16-10-. The van der Waals surface area contributed by atoms with Crippen LogP contribution < -0.4 is 5.32 Å². The average molecular weight is 293 g/mol. The average Bonchev–Trinajstić information content (AvgIpc) is 2.32. The zero-order chi connectivity index (χ0) is 13.5. The van der Waals surface area contributed by atoms with Gasteiger partial charge in [-0.3, -0.25) is 10.2 Å². The van der Waals surface area contributed by atoms with Gasteiger partial charge in [0.2, 0.25) is 0 Å². The molecule has 0 aromatic heterocycles. The number of nitrogens with zero attached hydrogens (tertiary/aromatic N) is 1. The molecule has 0 fully saturated rings. The summed E-state index contributed by atoms with van der Waals surface area (Å²) in [6.45, 7) is 1.92. The highest BCUT2D eigenvalue weighted by Gasteiger charge is 2.06. The van der Waals surface area contributed by atoms with Gasteiger partial charge < -0.3 is 0 Å². The maximum absolute atomic E-state index is 12.9. The Bertz CT molecular complexity index is 466.